The van der Waals surface area contributed by atoms with Crippen LogP contribution in [0, 0.1) is 0 Å². The highest BCUT2D eigenvalue weighted by atomic mass is 32.2. The van der Waals surface area contributed by atoms with Gasteiger partial charge in [-0.15, -0.1) is 0 Å². The van der Waals surface area contributed by atoms with E-state index in [1.54, 1.807) is 18.5 Å². The molecule has 1 unspecified atom stereocenters. The van der Waals surface area contributed by atoms with Crippen molar-refractivity contribution in [3.63, 3.8) is 0 Å². The van der Waals surface area contributed by atoms with Crippen molar-refractivity contribution >= 4 is 23.4 Å². The van der Waals surface area contributed by atoms with Crippen molar-refractivity contribution in [1.82, 2.24) is 10.3 Å². The molecule has 0 aromatic carbocycles. The average molecular weight is 251 g/mol. The van der Waals surface area contributed by atoms with Gasteiger partial charge in [0.15, 0.2) is 0 Å². The van der Waals surface area contributed by atoms with Crippen LogP contribution < -0.4 is 10.6 Å². The van der Waals surface area contributed by atoms with Gasteiger partial charge in [0.05, 0.1) is 17.4 Å². The van der Waals surface area contributed by atoms with E-state index in [4.69, 9.17) is 0 Å². The van der Waals surface area contributed by atoms with E-state index < -0.39 is 0 Å². The van der Waals surface area contributed by atoms with Gasteiger partial charge in [-0.3, -0.25) is 9.78 Å². The summed E-state index contributed by atoms with van der Waals surface area (Å²) in [7, 11) is 0. The summed E-state index contributed by atoms with van der Waals surface area (Å²) in [6.07, 6.45) is 4.42. The van der Waals surface area contributed by atoms with Gasteiger partial charge in [0.2, 0.25) is 0 Å². The summed E-state index contributed by atoms with van der Waals surface area (Å²) in [5.74, 6) is 2.16. The van der Waals surface area contributed by atoms with Crippen LogP contribution >= 0.6 is 11.8 Å². The number of nitrogens with zero attached hydrogens (tertiary/aromatic N) is 1. The summed E-state index contributed by atoms with van der Waals surface area (Å²) in [5, 5.41) is 6.22. The molecule has 0 bridgehead atoms. The number of amides is 1. The van der Waals surface area contributed by atoms with Gasteiger partial charge < -0.3 is 10.6 Å². The van der Waals surface area contributed by atoms with Crippen LogP contribution in [0.5, 0.6) is 0 Å². The first-order valence-electron chi connectivity index (χ1n) is 5.87. The second kappa shape index (κ2) is 5.91. The van der Waals surface area contributed by atoms with Crippen LogP contribution in [0.4, 0.5) is 5.69 Å². The zero-order valence-electron chi connectivity index (χ0n) is 9.90. The second-order valence-corrected chi connectivity index (χ2v) is 5.14. The van der Waals surface area contributed by atoms with Gasteiger partial charge in [0, 0.05) is 24.5 Å². The van der Waals surface area contributed by atoms with Crippen LogP contribution in [0.2, 0.25) is 0 Å². The summed E-state index contributed by atoms with van der Waals surface area (Å²) in [6.45, 7) is 2.79. The summed E-state index contributed by atoms with van der Waals surface area (Å²) in [6, 6.07) is 2.07. The topological polar surface area (TPSA) is 54.0 Å². The lowest BCUT2D eigenvalue weighted by Crippen LogP contribution is -2.35. The van der Waals surface area contributed by atoms with Crippen molar-refractivity contribution in [3.8, 4) is 0 Å². The maximum Gasteiger partial charge on any atom is 0.253 e. The lowest BCUT2D eigenvalue weighted by Gasteiger charge is -2.14. The van der Waals surface area contributed by atoms with Crippen LogP contribution in [-0.4, -0.2) is 35.0 Å². The highest BCUT2D eigenvalue weighted by Gasteiger charge is 2.19. The molecule has 1 saturated heterocycles. The molecule has 4 nitrogen and oxygen atoms in total. The molecule has 0 spiro atoms. The first kappa shape index (κ1) is 12.2. The van der Waals surface area contributed by atoms with E-state index in [0.717, 1.165) is 30.2 Å². The Labute approximate surface area is 106 Å². The number of pyridine rings is 1. The number of anilines is 1. The first-order valence-corrected chi connectivity index (χ1v) is 7.03. The van der Waals surface area contributed by atoms with E-state index in [-0.39, 0.29) is 5.91 Å². The van der Waals surface area contributed by atoms with Crippen LogP contribution in [0.15, 0.2) is 18.5 Å². The van der Waals surface area contributed by atoms with Crippen LogP contribution in [0.25, 0.3) is 0 Å². The molecule has 2 N–H and O–H groups in total. The number of carbonyl (C=O) groups excluding carboxylic acids is 1. The van der Waals surface area contributed by atoms with Crippen molar-refractivity contribution in [2.75, 3.05) is 23.4 Å². The normalized spacial score (nSPS) is 19.0. The standard InChI is InChI=1S/C12H17N3OS/c1-2-14-11-7-13-5-3-10(11)12(16)15-9-4-6-17-8-9/h3,5,7,9,14H,2,4,6,8H2,1H3,(H,15,16). The maximum atomic E-state index is 12.1. The number of aromatic nitrogens is 1. The third kappa shape index (κ3) is 3.12. The molecule has 1 atom stereocenters. The van der Waals surface area contributed by atoms with Gasteiger partial charge in [-0.2, -0.15) is 11.8 Å². The number of hydrogen-bond acceptors (Lipinski definition) is 4. The number of carbonyl (C=O) groups is 1. The summed E-state index contributed by atoms with van der Waals surface area (Å²) in [5.41, 5.74) is 1.48. The van der Waals surface area contributed by atoms with E-state index in [1.807, 2.05) is 18.7 Å². The van der Waals surface area contributed by atoms with Crippen molar-refractivity contribution < 1.29 is 4.79 Å². The number of rotatable bonds is 4. The van der Waals surface area contributed by atoms with E-state index in [9.17, 15) is 4.79 Å². The van der Waals surface area contributed by atoms with Crippen molar-refractivity contribution in [1.29, 1.82) is 0 Å². The smallest absolute Gasteiger partial charge is 0.253 e. The first-order chi connectivity index (χ1) is 8.31. The zero-order chi connectivity index (χ0) is 12.1. The molecule has 1 amide bonds. The molecule has 1 aliphatic rings. The van der Waals surface area contributed by atoms with E-state index in [2.05, 4.69) is 15.6 Å². The Morgan fingerprint density at radius 2 is 2.53 bits per heavy atom. The lowest BCUT2D eigenvalue weighted by molar-refractivity contribution is 0.0942. The molecule has 5 heteroatoms. The lowest BCUT2D eigenvalue weighted by atomic mass is 10.2. The quantitative estimate of drug-likeness (QED) is 0.856. The van der Waals surface area contributed by atoms with Gasteiger partial charge in [0.25, 0.3) is 5.91 Å². The van der Waals surface area contributed by atoms with Crippen LogP contribution in [0.3, 0.4) is 0 Å². The third-order valence-corrected chi connectivity index (χ3v) is 3.86. The van der Waals surface area contributed by atoms with E-state index in [0.29, 0.717) is 11.6 Å². The fourth-order valence-corrected chi connectivity index (χ4v) is 2.99. The Kier molecular flexibility index (Phi) is 4.25. The second-order valence-electron chi connectivity index (χ2n) is 3.99. The largest absolute Gasteiger partial charge is 0.383 e. The molecule has 1 aliphatic heterocycles. The predicted molar refractivity (Wildman–Crippen MR) is 71.6 cm³/mol. The molecular weight excluding hydrogens is 234 g/mol. The van der Waals surface area contributed by atoms with Crippen molar-refractivity contribution in [2.45, 2.75) is 19.4 Å². The van der Waals surface area contributed by atoms with Gasteiger partial charge in [-0.25, -0.2) is 0 Å². The van der Waals surface area contributed by atoms with Gasteiger partial charge >= 0.3 is 0 Å². The average Bonchev–Trinajstić information content (AvgIpc) is 2.83. The molecule has 2 rings (SSSR count). The summed E-state index contributed by atoms with van der Waals surface area (Å²) >= 11 is 1.89. The molecule has 92 valence electrons. The number of nitrogens with one attached hydrogen (secondary N) is 2. The molecule has 1 aromatic heterocycles. The molecule has 0 radical (unpaired) electrons. The Hall–Kier alpha value is -1.23. The Morgan fingerprint density at radius 1 is 1.65 bits per heavy atom. The Bertz CT molecular complexity index is 391. The molecule has 0 aliphatic carbocycles. The van der Waals surface area contributed by atoms with Crippen molar-refractivity contribution in [2.24, 2.45) is 0 Å². The van der Waals surface area contributed by atoms with E-state index >= 15 is 0 Å². The molecule has 1 aromatic rings. The number of hydrogen-bond donors (Lipinski definition) is 2. The van der Waals surface area contributed by atoms with Gasteiger partial charge in [0.1, 0.15) is 0 Å². The zero-order valence-corrected chi connectivity index (χ0v) is 10.7. The maximum absolute atomic E-state index is 12.1. The van der Waals surface area contributed by atoms with E-state index in [1.165, 1.54) is 0 Å². The Balaban J connectivity index is 2.06. The SMILES string of the molecule is CCNc1cnccc1C(=O)NC1CCSC1. The minimum atomic E-state index is -0.00384. The highest BCUT2D eigenvalue weighted by Crippen LogP contribution is 2.19. The molecule has 17 heavy (non-hydrogen) atoms. The molecular formula is C12H17N3OS. The Morgan fingerprint density at radius 3 is 3.24 bits per heavy atom. The minimum absolute atomic E-state index is 0.00384. The van der Waals surface area contributed by atoms with Crippen molar-refractivity contribution in [3.05, 3.63) is 24.0 Å². The third-order valence-electron chi connectivity index (χ3n) is 2.70. The monoisotopic (exact) mass is 251 g/mol. The predicted octanol–water partition coefficient (Wildman–Crippen LogP) is 1.75. The van der Waals surface area contributed by atoms with Gasteiger partial charge in [-0.05, 0) is 25.2 Å². The summed E-state index contributed by atoms with van der Waals surface area (Å²) in [4.78, 5) is 16.1. The fourth-order valence-electron chi connectivity index (χ4n) is 1.84. The minimum Gasteiger partial charge on any atom is -0.383 e. The number of thioether (sulfide) groups is 1. The van der Waals surface area contributed by atoms with Crippen LogP contribution in [0.1, 0.15) is 23.7 Å². The highest BCUT2D eigenvalue weighted by molar-refractivity contribution is 7.99. The molecule has 0 saturated carbocycles. The molecule has 1 fully saturated rings. The fraction of sp³-hybridized carbons (Fsp3) is 0.500. The summed E-state index contributed by atoms with van der Waals surface area (Å²) < 4.78 is 0. The van der Waals surface area contributed by atoms with Gasteiger partial charge in [-0.1, -0.05) is 0 Å². The molecule has 2 heterocycles. The van der Waals surface area contributed by atoms with Crippen LogP contribution in [-0.2, 0) is 0 Å².